The zero-order valence-electron chi connectivity index (χ0n) is 20.7. The van der Waals surface area contributed by atoms with Crippen molar-refractivity contribution in [3.8, 4) is 0 Å². The Bertz CT molecular complexity index is 651. The van der Waals surface area contributed by atoms with Gasteiger partial charge in [-0.3, -0.25) is 4.79 Å². The lowest BCUT2D eigenvalue weighted by Gasteiger charge is -2.62. The second-order valence-electron chi connectivity index (χ2n) is 13.3. The molecule has 0 spiro atoms. The molecule has 4 aliphatic rings. The van der Waals surface area contributed by atoms with Gasteiger partial charge in [-0.25, -0.2) is 0 Å². The summed E-state index contributed by atoms with van der Waals surface area (Å²) in [5, 5.41) is 10.7. The minimum atomic E-state index is -0.440. The average molecular weight is 417 g/mol. The molecule has 1 N–H and O–H groups in total. The number of Topliss-reactive ketones (excluding diaryl/α,β-unsaturated/α-hetero) is 1. The van der Waals surface area contributed by atoms with Crippen molar-refractivity contribution in [3.05, 3.63) is 0 Å². The molecule has 4 aliphatic carbocycles. The van der Waals surface area contributed by atoms with E-state index in [1.807, 2.05) is 0 Å². The van der Waals surface area contributed by atoms with E-state index in [0.717, 1.165) is 43.4 Å². The van der Waals surface area contributed by atoms with E-state index in [9.17, 15) is 9.90 Å². The first-order chi connectivity index (χ1) is 14.0. The lowest BCUT2D eigenvalue weighted by atomic mass is 9.43. The van der Waals surface area contributed by atoms with Crippen molar-refractivity contribution in [1.29, 1.82) is 0 Å². The predicted molar refractivity (Wildman–Crippen MR) is 124 cm³/mol. The lowest BCUT2D eigenvalue weighted by Crippen LogP contribution is -2.55. The summed E-state index contributed by atoms with van der Waals surface area (Å²) in [5.74, 6) is 5.22. The maximum atomic E-state index is 13.0. The van der Waals surface area contributed by atoms with E-state index >= 15 is 0 Å². The molecule has 4 rings (SSSR count). The van der Waals surface area contributed by atoms with E-state index in [2.05, 4.69) is 41.5 Å². The number of hydrogen-bond donors (Lipinski definition) is 1. The Labute approximate surface area is 186 Å². The van der Waals surface area contributed by atoms with Crippen molar-refractivity contribution >= 4 is 5.78 Å². The van der Waals surface area contributed by atoms with Gasteiger partial charge in [-0.2, -0.15) is 0 Å². The van der Waals surface area contributed by atoms with E-state index in [0.29, 0.717) is 34.4 Å². The molecule has 4 fully saturated rings. The Morgan fingerprint density at radius 1 is 0.900 bits per heavy atom. The van der Waals surface area contributed by atoms with Crippen LogP contribution in [0.3, 0.4) is 0 Å². The number of rotatable bonds is 5. The van der Waals surface area contributed by atoms with Gasteiger partial charge in [0.1, 0.15) is 5.78 Å². The van der Waals surface area contributed by atoms with Crippen LogP contribution >= 0.6 is 0 Å². The fourth-order valence-corrected chi connectivity index (χ4v) is 9.18. The summed E-state index contributed by atoms with van der Waals surface area (Å²) in [7, 11) is 0. The smallest absolute Gasteiger partial charge is 0.136 e. The summed E-state index contributed by atoms with van der Waals surface area (Å²) >= 11 is 0. The molecule has 4 saturated carbocycles. The van der Waals surface area contributed by atoms with Crippen LogP contribution < -0.4 is 0 Å². The normalized spacial score (nSPS) is 49.3. The van der Waals surface area contributed by atoms with E-state index in [-0.39, 0.29) is 5.92 Å². The highest BCUT2D eigenvalue weighted by atomic mass is 16.3. The van der Waals surface area contributed by atoms with E-state index in [4.69, 9.17) is 0 Å². The van der Waals surface area contributed by atoms with Gasteiger partial charge in [0.05, 0.1) is 5.60 Å². The van der Waals surface area contributed by atoms with Gasteiger partial charge in [-0.1, -0.05) is 34.6 Å². The van der Waals surface area contributed by atoms with Crippen LogP contribution in [0.1, 0.15) is 112 Å². The zero-order valence-corrected chi connectivity index (χ0v) is 20.7. The summed E-state index contributed by atoms with van der Waals surface area (Å²) in [4.78, 5) is 13.0. The third-order valence-corrected chi connectivity index (χ3v) is 11.1. The quantitative estimate of drug-likeness (QED) is 0.522. The van der Waals surface area contributed by atoms with Crippen molar-refractivity contribution in [1.82, 2.24) is 0 Å². The fourth-order valence-electron chi connectivity index (χ4n) is 9.18. The van der Waals surface area contributed by atoms with Gasteiger partial charge in [0.15, 0.2) is 0 Å². The first-order valence-corrected chi connectivity index (χ1v) is 13.2. The Hall–Kier alpha value is -0.370. The SMILES string of the molecule is CC(C)CCC(=O)[C@@H](C)[C@H]1CC[C@H]2[C@@H]3CC[C@H]4C[C@@](C)(O)CC[C@]4(C)[C@H]3CC[C@]12C. The summed E-state index contributed by atoms with van der Waals surface area (Å²) < 4.78 is 0. The number of carbonyl (C=O) groups excluding carboxylic acids is 1. The number of carbonyl (C=O) groups is 1. The molecule has 0 radical (unpaired) electrons. The van der Waals surface area contributed by atoms with Gasteiger partial charge in [0.2, 0.25) is 0 Å². The molecule has 0 saturated heterocycles. The number of hydrogen-bond acceptors (Lipinski definition) is 2. The summed E-state index contributed by atoms with van der Waals surface area (Å²) in [6.45, 7) is 13.9. The van der Waals surface area contributed by atoms with E-state index in [1.165, 1.54) is 44.9 Å². The van der Waals surface area contributed by atoms with Gasteiger partial charge in [-0.05, 0) is 117 Å². The monoisotopic (exact) mass is 416 g/mol. The van der Waals surface area contributed by atoms with Crippen molar-refractivity contribution in [2.75, 3.05) is 0 Å². The topological polar surface area (TPSA) is 37.3 Å². The Balaban J connectivity index is 1.49. The zero-order chi connectivity index (χ0) is 21.9. The molecule has 0 unspecified atom stereocenters. The minimum absolute atomic E-state index is 0.243. The van der Waals surface area contributed by atoms with Crippen molar-refractivity contribution < 1.29 is 9.90 Å². The molecule has 172 valence electrons. The van der Waals surface area contributed by atoms with E-state index < -0.39 is 5.60 Å². The van der Waals surface area contributed by atoms with Crippen LogP contribution in [-0.2, 0) is 4.79 Å². The average Bonchev–Trinajstić information content (AvgIpc) is 3.03. The number of ketones is 1. The first-order valence-electron chi connectivity index (χ1n) is 13.2. The minimum Gasteiger partial charge on any atom is -0.390 e. The molecule has 0 bridgehead atoms. The maximum Gasteiger partial charge on any atom is 0.136 e. The van der Waals surface area contributed by atoms with Gasteiger partial charge in [-0.15, -0.1) is 0 Å². The van der Waals surface area contributed by atoms with E-state index in [1.54, 1.807) is 0 Å². The van der Waals surface area contributed by atoms with Crippen LogP contribution in [0.25, 0.3) is 0 Å². The van der Waals surface area contributed by atoms with Crippen LogP contribution in [0.2, 0.25) is 0 Å². The largest absolute Gasteiger partial charge is 0.390 e. The van der Waals surface area contributed by atoms with Crippen molar-refractivity contribution in [3.63, 3.8) is 0 Å². The van der Waals surface area contributed by atoms with Crippen LogP contribution in [0.4, 0.5) is 0 Å². The highest BCUT2D eigenvalue weighted by molar-refractivity contribution is 5.81. The fraction of sp³-hybridized carbons (Fsp3) is 0.964. The van der Waals surface area contributed by atoms with Gasteiger partial charge in [0, 0.05) is 12.3 Å². The Morgan fingerprint density at radius 2 is 1.60 bits per heavy atom. The third kappa shape index (κ3) is 3.71. The lowest BCUT2D eigenvalue weighted by molar-refractivity contribution is -0.149. The van der Waals surface area contributed by atoms with Gasteiger partial charge in [0.25, 0.3) is 0 Å². The van der Waals surface area contributed by atoms with Crippen molar-refractivity contribution in [2.24, 2.45) is 52.3 Å². The van der Waals surface area contributed by atoms with Crippen LogP contribution in [0.5, 0.6) is 0 Å². The molecule has 0 aromatic rings. The summed E-state index contributed by atoms with van der Waals surface area (Å²) in [6, 6.07) is 0. The third-order valence-electron chi connectivity index (χ3n) is 11.1. The molecule has 0 aromatic carbocycles. The summed E-state index contributed by atoms with van der Waals surface area (Å²) in [5.41, 5.74) is 0.366. The van der Waals surface area contributed by atoms with Gasteiger partial charge >= 0.3 is 0 Å². The second-order valence-corrected chi connectivity index (χ2v) is 13.3. The molecule has 30 heavy (non-hydrogen) atoms. The highest BCUT2D eigenvalue weighted by Gasteiger charge is 2.61. The predicted octanol–water partition coefficient (Wildman–Crippen LogP) is 7.04. The van der Waals surface area contributed by atoms with Crippen LogP contribution in [0, 0.1) is 52.3 Å². The maximum absolute atomic E-state index is 13.0. The van der Waals surface area contributed by atoms with Crippen molar-refractivity contribution in [2.45, 2.75) is 118 Å². The van der Waals surface area contributed by atoms with Crippen LogP contribution in [0.15, 0.2) is 0 Å². The number of fused-ring (bicyclic) bond motifs is 5. The molecule has 2 nitrogen and oxygen atoms in total. The Morgan fingerprint density at radius 3 is 2.30 bits per heavy atom. The van der Waals surface area contributed by atoms with Crippen LogP contribution in [-0.4, -0.2) is 16.5 Å². The number of aliphatic hydroxyl groups is 1. The first kappa shape index (κ1) is 22.8. The molecule has 0 aromatic heterocycles. The Kier molecular flexibility index (Phi) is 6.00. The van der Waals surface area contributed by atoms with Gasteiger partial charge < -0.3 is 5.11 Å². The molecule has 9 atom stereocenters. The molecule has 0 aliphatic heterocycles. The standard InChI is InChI=1S/C28H48O2/c1-18(2)7-12-25(29)19(3)22-10-11-23-21-9-8-20-17-26(4,30)15-16-27(20,5)24(21)13-14-28(22,23)6/h18-24,30H,7-17H2,1-6H3/t19-,20-,21-,22+,23-,24-,26-,27-,28+/m0/s1. The molecule has 2 heteroatoms. The molecular formula is C28H48O2. The molecule has 0 amide bonds. The highest BCUT2D eigenvalue weighted by Crippen LogP contribution is 2.68. The molecular weight excluding hydrogens is 368 g/mol. The molecule has 0 heterocycles. The second kappa shape index (κ2) is 7.89. The summed E-state index contributed by atoms with van der Waals surface area (Å²) in [6.07, 6.45) is 13.0.